The number of ether oxygens (including phenoxy) is 1. The summed E-state index contributed by atoms with van der Waals surface area (Å²) >= 11 is 0. The highest BCUT2D eigenvalue weighted by Gasteiger charge is 2.15. The van der Waals surface area contributed by atoms with Crippen LogP contribution in [-0.2, 0) is 9.53 Å². The van der Waals surface area contributed by atoms with Gasteiger partial charge in [-0.2, -0.15) is 0 Å². The summed E-state index contributed by atoms with van der Waals surface area (Å²) in [7, 11) is 0. The lowest BCUT2D eigenvalue weighted by molar-refractivity contribution is -0.134. The second-order valence-electron chi connectivity index (χ2n) is 4.00. The molecular weight excluding hydrogens is 234 g/mol. The summed E-state index contributed by atoms with van der Waals surface area (Å²) in [6, 6.07) is 0. The van der Waals surface area contributed by atoms with Gasteiger partial charge in [-0.3, -0.25) is 4.79 Å². The Bertz CT molecular complexity index is 389. The molecule has 18 heavy (non-hydrogen) atoms. The van der Waals surface area contributed by atoms with E-state index in [9.17, 15) is 4.79 Å². The maximum Gasteiger partial charge on any atom is 0.224 e. The van der Waals surface area contributed by atoms with Gasteiger partial charge in [0.2, 0.25) is 5.91 Å². The summed E-state index contributed by atoms with van der Waals surface area (Å²) in [5, 5.41) is 3.03. The molecule has 3 N–H and O–H groups in total. The number of hydrogen-bond acceptors (Lipinski definition) is 6. The largest absolute Gasteiger partial charge is 0.382 e. The van der Waals surface area contributed by atoms with E-state index in [1.165, 1.54) is 6.20 Å². The Balaban J connectivity index is 1.71. The van der Waals surface area contributed by atoms with Crippen LogP contribution in [-0.4, -0.2) is 53.6 Å². The van der Waals surface area contributed by atoms with E-state index >= 15 is 0 Å². The molecular formula is C11H17N5O2. The number of rotatable bonds is 4. The lowest BCUT2D eigenvalue weighted by Crippen LogP contribution is -2.41. The van der Waals surface area contributed by atoms with Crippen LogP contribution in [0.3, 0.4) is 0 Å². The zero-order chi connectivity index (χ0) is 12.8. The molecule has 7 heteroatoms. The Morgan fingerprint density at radius 1 is 1.39 bits per heavy atom. The Labute approximate surface area is 105 Å². The van der Waals surface area contributed by atoms with Gasteiger partial charge in [-0.25, -0.2) is 9.97 Å². The Kier molecular flexibility index (Phi) is 4.30. The molecule has 0 unspecified atom stereocenters. The van der Waals surface area contributed by atoms with Gasteiger partial charge < -0.3 is 20.7 Å². The third kappa shape index (κ3) is 3.56. The number of nitrogen functional groups attached to an aromatic ring is 1. The highest BCUT2D eigenvalue weighted by Crippen LogP contribution is 2.03. The number of morpholine rings is 1. The SMILES string of the molecule is Nc1cnc(NCCC(=O)N2CCOCC2)cn1. The van der Waals surface area contributed by atoms with E-state index in [0.29, 0.717) is 50.9 Å². The molecule has 0 aromatic carbocycles. The summed E-state index contributed by atoms with van der Waals surface area (Å²) in [6.07, 6.45) is 3.47. The van der Waals surface area contributed by atoms with Crippen LogP contribution in [0.4, 0.5) is 11.6 Å². The standard InChI is InChI=1S/C11H17N5O2/c12-9-7-15-10(8-14-9)13-2-1-11(17)16-3-5-18-6-4-16/h7-8H,1-6H2,(H2,12,14)(H,13,15). The van der Waals surface area contributed by atoms with Gasteiger partial charge in [-0.1, -0.05) is 0 Å². The van der Waals surface area contributed by atoms with Crippen molar-refractivity contribution in [1.82, 2.24) is 14.9 Å². The normalized spacial score (nSPS) is 15.4. The van der Waals surface area contributed by atoms with Crippen molar-refractivity contribution >= 4 is 17.5 Å². The molecule has 2 heterocycles. The first-order chi connectivity index (χ1) is 8.75. The average Bonchev–Trinajstić information content (AvgIpc) is 2.42. The first-order valence-electron chi connectivity index (χ1n) is 5.92. The average molecular weight is 251 g/mol. The third-order valence-electron chi connectivity index (χ3n) is 2.68. The number of hydrogen-bond donors (Lipinski definition) is 2. The van der Waals surface area contributed by atoms with Gasteiger partial charge in [0.05, 0.1) is 25.6 Å². The fourth-order valence-electron chi connectivity index (χ4n) is 1.70. The molecule has 0 saturated carbocycles. The predicted octanol–water partition coefficient (Wildman–Crippen LogP) is -0.280. The zero-order valence-corrected chi connectivity index (χ0v) is 10.1. The van der Waals surface area contributed by atoms with Gasteiger partial charge in [-0.05, 0) is 0 Å². The van der Waals surface area contributed by atoms with E-state index in [-0.39, 0.29) is 5.91 Å². The number of aromatic nitrogens is 2. The van der Waals surface area contributed by atoms with Crippen LogP contribution in [0.15, 0.2) is 12.4 Å². The van der Waals surface area contributed by atoms with Gasteiger partial charge in [0, 0.05) is 26.1 Å². The van der Waals surface area contributed by atoms with E-state index < -0.39 is 0 Å². The van der Waals surface area contributed by atoms with Crippen LogP contribution in [0.25, 0.3) is 0 Å². The highest BCUT2D eigenvalue weighted by molar-refractivity contribution is 5.76. The first-order valence-corrected chi connectivity index (χ1v) is 5.92. The number of anilines is 2. The van der Waals surface area contributed by atoms with Crippen LogP contribution in [0.2, 0.25) is 0 Å². The minimum Gasteiger partial charge on any atom is -0.382 e. The van der Waals surface area contributed by atoms with Crippen LogP contribution in [0.5, 0.6) is 0 Å². The molecule has 7 nitrogen and oxygen atoms in total. The molecule has 98 valence electrons. The molecule has 1 aliphatic rings. The Hall–Kier alpha value is -1.89. The van der Waals surface area contributed by atoms with Crippen molar-refractivity contribution in [2.45, 2.75) is 6.42 Å². The molecule has 1 amide bonds. The molecule has 1 aromatic heterocycles. The lowest BCUT2D eigenvalue weighted by Gasteiger charge is -2.26. The van der Waals surface area contributed by atoms with Crippen LogP contribution in [0.1, 0.15) is 6.42 Å². The van der Waals surface area contributed by atoms with Crippen molar-refractivity contribution in [2.24, 2.45) is 0 Å². The van der Waals surface area contributed by atoms with E-state index in [4.69, 9.17) is 10.5 Å². The minimum absolute atomic E-state index is 0.134. The molecule has 0 bridgehead atoms. The molecule has 0 aliphatic carbocycles. The van der Waals surface area contributed by atoms with Crippen LogP contribution < -0.4 is 11.1 Å². The lowest BCUT2D eigenvalue weighted by atomic mass is 10.3. The number of nitrogens with one attached hydrogen (secondary N) is 1. The quantitative estimate of drug-likeness (QED) is 0.764. The molecule has 0 spiro atoms. The summed E-state index contributed by atoms with van der Waals surface area (Å²) in [6.45, 7) is 3.15. The molecule has 1 saturated heterocycles. The van der Waals surface area contributed by atoms with Crippen LogP contribution in [0, 0.1) is 0 Å². The number of nitrogens with zero attached hydrogens (tertiary/aromatic N) is 3. The molecule has 1 fully saturated rings. The van der Waals surface area contributed by atoms with E-state index in [1.807, 2.05) is 4.90 Å². The smallest absolute Gasteiger partial charge is 0.224 e. The molecule has 2 rings (SSSR count). The van der Waals surface area contributed by atoms with E-state index in [2.05, 4.69) is 15.3 Å². The maximum absolute atomic E-state index is 11.8. The number of carbonyl (C=O) groups excluding carboxylic acids is 1. The monoisotopic (exact) mass is 251 g/mol. The Morgan fingerprint density at radius 3 is 2.83 bits per heavy atom. The maximum atomic E-state index is 11.8. The van der Waals surface area contributed by atoms with Gasteiger partial charge >= 0.3 is 0 Å². The van der Waals surface area contributed by atoms with Crippen molar-refractivity contribution in [3.05, 3.63) is 12.4 Å². The minimum atomic E-state index is 0.134. The number of nitrogens with two attached hydrogens (primary N) is 1. The molecule has 0 radical (unpaired) electrons. The zero-order valence-electron chi connectivity index (χ0n) is 10.1. The number of amides is 1. The van der Waals surface area contributed by atoms with Crippen LogP contribution >= 0.6 is 0 Å². The van der Waals surface area contributed by atoms with Gasteiger partial charge in [0.1, 0.15) is 11.6 Å². The van der Waals surface area contributed by atoms with Gasteiger partial charge in [0.15, 0.2) is 0 Å². The highest BCUT2D eigenvalue weighted by atomic mass is 16.5. The second kappa shape index (κ2) is 6.15. The Morgan fingerprint density at radius 2 is 2.17 bits per heavy atom. The van der Waals surface area contributed by atoms with E-state index in [0.717, 1.165) is 0 Å². The summed E-state index contributed by atoms with van der Waals surface area (Å²) in [4.78, 5) is 21.6. The third-order valence-corrected chi connectivity index (χ3v) is 2.68. The van der Waals surface area contributed by atoms with Gasteiger partial charge in [-0.15, -0.1) is 0 Å². The summed E-state index contributed by atoms with van der Waals surface area (Å²) in [5.74, 6) is 1.14. The van der Waals surface area contributed by atoms with Crippen molar-refractivity contribution in [2.75, 3.05) is 43.9 Å². The topological polar surface area (TPSA) is 93.4 Å². The molecule has 1 aliphatic heterocycles. The van der Waals surface area contributed by atoms with Crippen molar-refractivity contribution in [3.63, 3.8) is 0 Å². The van der Waals surface area contributed by atoms with Gasteiger partial charge in [0.25, 0.3) is 0 Å². The fourth-order valence-corrected chi connectivity index (χ4v) is 1.70. The second-order valence-corrected chi connectivity index (χ2v) is 4.00. The number of carbonyl (C=O) groups is 1. The summed E-state index contributed by atoms with van der Waals surface area (Å²) < 4.78 is 5.20. The van der Waals surface area contributed by atoms with E-state index in [1.54, 1.807) is 6.20 Å². The predicted molar refractivity (Wildman–Crippen MR) is 67.0 cm³/mol. The van der Waals surface area contributed by atoms with Crippen molar-refractivity contribution < 1.29 is 9.53 Å². The summed E-state index contributed by atoms with van der Waals surface area (Å²) in [5.41, 5.74) is 5.43. The first kappa shape index (κ1) is 12.6. The van der Waals surface area contributed by atoms with Crippen molar-refractivity contribution in [1.29, 1.82) is 0 Å². The molecule has 0 atom stereocenters. The fraction of sp³-hybridized carbons (Fsp3) is 0.545. The molecule has 1 aromatic rings. The van der Waals surface area contributed by atoms with Crippen molar-refractivity contribution in [3.8, 4) is 0 Å².